The van der Waals surface area contributed by atoms with Crippen molar-refractivity contribution in [2.45, 2.75) is 32.7 Å². The maximum atomic E-state index is 12.6. The van der Waals surface area contributed by atoms with Gasteiger partial charge in [0.25, 0.3) is 5.91 Å². The topological polar surface area (TPSA) is 84.2 Å². The quantitative estimate of drug-likeness (QED) is 0.930. The first-order chi connectivity index (χ1) is 10.6. The van der Waals surface area contributed by atoms with Gasteiger partial charge in [0.15, 0.2) is 0 Å². The summed E-state index contributed by atoms with van der Waals surface area (Å²) in [6.45, 7) is 5.00. The second-order valence-electron chi connectivity index (χ2n) is 5.50. The monoisotopic (exact) mass is 301 g/mol. The van der Waals surface area contributed by atoms with E-state index < -0.39 is 0 Å². The Balaban J connectivity index is 1.59. The van der Waals surface area contributed by atoms with Crippen LogP contribution < -0.4 is 5.32 Å². The van der Waals surface area contributed by atoms with Gasteiger partial charge in [0.1, 0.15) is 23.5 Å². The SMILES string of the molecule is Cc1noc(C)c1C(=O)N1CCC(Nc2ccncn2)CC1. The largest absolute Gasteiger partial charge is 0.367 e. The van der Waals surface area contributed by atoms with Crippen LogP contribution in [0, 0.1) is 13.8 Å². The van der Waals surface area contributed by atoms with Crippen molar-refractivity contribution in [3.63, 3.8) is 0 Å². The standard InChI is InChI=1S/C15H19N5O2/c1-10-14(11(2)22-19-10)15(21)20-7-4-12(5-8-20)18-13-3-6-16-9-17-13/h3,6,9,12H,4-5,7-8H2,1-2H3,(H,16,17,18). The first kappa shape index (κ1) is 14.5. The van der Waals surface area contributed by atoms with Crippen LogP contribution in [0.25, 0.3) is 0 Å². The Kier molecular flexibility index (Phi) is 4.04. The third kappa shape index (κ3) is 2.93. The van der Waals surface area contributed by atoms with Gasteiger partial charge in [0, 0.05) is 25.3 Å². The molecule has 2 aromatic rings. The van der Waals surface area contributed by atoms with E-state index in [0.717, 1.165) is 18.7 Å². The van der Waals surface area contributed by atoms with Gasteiger partial charge in [0.2, 0.25) is 0 Å². The number of amides is 1. The fourth-order valence-corrected chi connectivity index (χ4v) is 2.76. The molecule has 0 atom stereocenters. The van der Waals surface area contributed by atoms with Crippen LogP contribution in [0.3, 0.4) is 0 Å². The molecule has 0 radical (unpaired) electrons. The summed E-state index contributed by atoms with van der Waals surface area (Å²) in [5.74, 6) is 1.42. The summed E-state index contributed by atoms with van der Waals surface area (Å²) in [5.41, 5.74) is 1.26. The highest BCUT2D eigenvalue weighted by molar-refractivity contribution is 5.96. The Morgan fingerprint density at radius 3 is 2.73 bits per heavy atom. The predicted octanol–water partition coefficient (Wildman–Crippen LogP) is 1.80. The molecule has 2 aromatic heterocycles. The Bertz CT molecular complexity index is 628. The fraction of sp³-hybridized carbons (Fsp3) is 0.467. The number of hydrogen-bond acceptors (Lipinski definition) is 6. The third-order valence-electron chi connectivity index (χ3n) is 3.96. The molecule has 1 aliphatic rings. The summed E-state index contributed by atoms with van der Waals surface area (Å²) in [5, 5.41) is 7.23. The molecular formula is C15H19N5O2. The lowest BCUT2D eigenvalue weighted by molar-refractivity contribution is 0.0716. The lowest BCUT2D eigenvalue weighted by Gasteiger charge is -2.32. The van der Waals surface area contributed by atoms with Crippen molar-refractivity contribution < 1.29 is 9.32 Å². The third-order valence-corrected chi connectivity index (χ3v) is 3.96. The molecule has 1 aliphatic heterocycles. The van der Waals surface area contributed by atoms with Gasteiger partial charge in [0.05, 0.1) is 5.69 Å². The van der Waals surface area contributed by atoms with Gasteiger partial charge in [-0.3, -0.25) is 4.79 Å². The van der Waals surface area contributed by atoms with E-state index in [1.165, 1.54) is 6.33 Å². The van der Waals surface area contributed by atoms with Gasteiger partial charge >= 0.3 is 0 Å². The lowest BCUT2D eigenvalue weighted by atomic mass is 10.0. The highest BCUT2D eigenvalue weighted by Gasteiger charge is 2.27. The smallest absolute Gasteiger partial charge is 0.259 e. The van der Waals surface area contributed by atoms with Crippen molar-refractivity contribution in [1.29, 1.82) is 0 Å². The normalized spacial score (nSPS) is 15.8. The minimum atomic E-state index is 0.0109. The second-order valence-corrected chi connectivity index (χ2v) is 5.50. The summed E-state index contributed by atoms with van der Waals surface area (Å²) in [6.07, 6.45) is 5.02. The molecule has 1 saturated heterocycles. The average Bonchev–Trinajstić information content (AvgIpc) is 2.87. The van der Waals surface area contributed by atoms with Gasteiger partial charge in [-0.15, -0.1) is 0 Å². The van der Waals surface area contributed by atoms with Crippen LogP contribution in [0.1, 0.15) is 34.7 Å². The van der Waals surface area contributed by atoms with E-state index in [4.69, 9.17) is 4.52 Å². The van der Waals surface area contributed by atoms with E-state index in [-0.39, 0.29) is 5.91 Å². The molecule has 1 amide bonds. The van der Waals surface area contributed by atoms with Gasteiger partial charge in [-0.1, -0.05) is 5.16 Å². The molecular weight excluding hydrogens is 282 g/mol. The number of likely N-dealkylation sites (tertiary alicyclic amines) is 1. The highest BCUT2D eigenvalue weighted by Crippen LogP contribution is 2.20. The van der Waals surface area contributed by atoms with Gasteiger partial charge in [-0.2, -0.15) is 0 Å². The van der Waals surface area contributed by atoms with E-state index in [9.17, 15) is 4.79 Å². The first-order valence-electron chi connectivity index (χ1n) is 7.40. The van der Waals surface area contributed by atoms with Crippen LogP contribution in [0.4, 0.5) is 5.82 Å². The molecule has 0 spiro atoms. The summed E-state index contributed by atoms with van der Waals surface area (Å²) >= 11 is 0. The second kappa shape index (κ2) is 6.13. The number of anilines is 1. The van der Waals surface area contributed by atoms with Crippen molar-refractivity contribution in [3.8, 4) is 0 Å². The molecule has 0 unspecified atom stereocenters. The minimum absolute atomic E-state index is 0.0109. The van der Waals surface area contributed by atoms with Crippen LogP contribution in [0.5, 0.6) is 0 Å². The highest BCUT2D eigenvalue weighted by atomic mass is 16.5. The van der Waals surface area contributed by atoms with Crippen LogP contribution in [-0.4, -0.2) is 45.1 Å². The van der Waals surface area contributed by atoms with E-state index in [2.05, 4.69) is 20.4 Å². The molecule has 0 bridgehead atoms. The number of carbonyl (C=O) groups excluding carboxylic acids is 1. The maximum Gasteiger partial charge on any atom is 0.259 e. The molecule has 22 heavy (non-hydrogen) atoms. The summed E-state index contributed by atoms with van der Waals surface area (Å²) < 4.78 is 5.08. The number of piperidine rings is 1. The van der Waals surface area contributed by atoms with Crippen molar-refractivity contribution in [1.82, 2.24) is 20.0 Å². The number of nitrogens with zero attached hydrogens (tertiary/aromatic N) is 4. The summed E-state index contributed by atoms with van der Waals surface area (Å²) in [4.78, 5) is 22.5. The van der Waals surface area contributed by atoms with Crippen LogP contribution in [0.2, 0.25) is 0 Å². The van der Waals surface area contributed by atoms with Crippen molar-refractivity contribution in [3.05, 3.63) is 35.6 Å². The number of hydrogen-bond donors (Lipinski definition) is 1. The van der Waals surface area contributed by atoms with Crippen molar-refractivity contribution in [2.24, 2.45) is 0 Å². The molecule has 116 valence electrons. The number of aromatic nitrogens is 3. The zero-order chi connectivity index (χ0) is 15.5. The van der Waals surface area contributed by atoms with E-state index in [1.807, 2.05) is 11.0 Å². The molecule has 1 fully saturated rings. The summed E-state index contributed by atoms with van der Waals surface area (Å²) in [6, 6.07) is 2.17. The zero-order valence-electron chi connectivity index (χ0n) is 12.7. The number of aryl methyl sites for hydroxylation is 2. The van der Waals surface area contributed by atoms with Crippen LogP contribution >= 0.6 is 0 Å². The first-order valence-corrected chi connectivity index (χ1v) is 7.40. The predicted molar refractivity (Wildman–Crippen MR) is 80.6 cm³/mol. The van der Waals surface area contributed by atoms with Gasteiger partial charge in [-0.25, -0.2) is 9.97 Å². The van der Waals surface area contributed by atoms with E-state index in [1.54, 1.807) is 20.0 Å². The van der Waals surface area contributed by atoms with Crippen LogP contribution in [0.15, 0.2) is 23.1 Å². The molecule has 3 rings (SSSR count). The molecule has 3 heterocycles. The molecule has 1 N–H and O–H groups in total. The zero-order valence-corrected chi connectivity index (χ0v) is 12.7. The molecule has 7 heteroatoms. The number of nitrogens with one attached hydrogen (secondary N) is 1. The van der Waals surface area contributed by atoms with Crippen LogP contribution in [-0.2, 0) is 0 Å². The number of carbonyl (C=O) groups is 1. The Labute approximate surface area is 128 Å². The van der Waals surface area contributed by atoms with Crippen molar-refractivity contribution >= 4 is 11.7 Å². The molecule has 7 nitrogen and oxygen atoms in total. The fourth-order valence-electron chi connectivity index (χ4n) is 2.76. The number of rotatable bonds is 3. The Morgan fingerprint density at radius 2 is 2.14 bits per heavy atom. The van der Waals surface area contributed by atoms with Gasteiger partial charge in [-0.05, 0) is 32.8 Å². The molecule has 0 aromatic carbocycles. The van der Waals surface area contributed by atoms with E-state index in [0.29, 0.717) is 36.1 Å². The Hall–Kier alpha value is -2.44. The van der Waals surface area contributed by atoms with E-state index >= 15 is 0 Å². The molecule has 0 aliphatic carbocycles. The maximum absolute atomic E-state index is 12.6. The molecule has 0 saturated carbocycles. The van der Waals surface area contributed by atoms with Gasteiger partial charge < -0.3 is 14.7 Å². The average molecular weight is 301 g/mol. The Morgan fingerprint density at radius 1 is 1.36 bits per heavy atom. The lowest BCUT2D eigenvalue weighted by Crippen LogP contribution is -2.42. The van der Waals surface area contributed by atoms with Crippen molar-refractivity contribution in [2.75, 3.05) is 18.4 Å². The summed E-state index contributed by atoms with van der Waals surface area (Å²) in [7, 11) is 0. The minimum Gasteiger partial charge on any atom is -0.367 e.